The topological polar surface area (TPSA) is 29.5 Å². The van der Waals surface area contributed by atoms with Crippen molar-refractivity contribution in [1.29, 1.82) is 0 Å². The SMILES string of the molecule is COc1ccc(-c2cccc(F)c2)cc1O. The molecule has 0 heterocycles. The van der Waals surface area contributed by atoms with Gasteiger partial charge in [0.15, 0.2) is 11.5 Å². The maximum Gasteiger partial charge on any atom is 0.160 e. The van der Waals surface area contributed by atoms with E-state index in [1.807, 2.05) is 0 Å². The minimum atomic E-state index is -0.298. The van der Waals surface area contributed by atoms with Gasteiger partial charge in [-0.2, -0.15) is 0 Å². The minimum absolute atomic E-state index is 0.0456. The Kier molecular flexibility index (Phi) is 2.77. The van der Waals surface area contributed by atoms with Crippen molar-refractivity contribution in [2.24, 2.45) is 0 Å². The summed E-state index contributed by atoms with van der Waals surface area (Å²) in [7, 11) is 1.48. The molecule has 0 saturated carbocycles. The van der Waals surface area contributed by atoms with Crippen molar-refractivity contribution in [3.8, 4) is 22.6 Å². The lowest BCUT2D eigenvalue weighted by molar-refractivity contribution is 0.373. The van der Waals surface area contributed by atoms with Gasteiger partial charge in [0.1, 0.15) is 5.82 Å². The van der Waals surface area contributed by atoms with E-state index in [9.17, 15) is 9.50 Å². The van der Waals surface area contributed by atoms with Gasteiger partial charge in [-0.05, 0) is 35.4 Å². The number of halogens is 1. The van der Waals surface area contributed by atoms with Crippen LogP contribution in [-0.4, -0.2) is 12.2 Å². The Balaban J connectivity index is 2.45. The fourth-order valence-electron chi connectivity index (χ4n) is 1.54. The van der Waals surface area contributed by atoms with Crippen LogP contribution in [-0.2, 0) is 0 Å². The van der Waals surface area contributed by atoms with E-state index in [-0.39, 0.29) is 11.6 Å². The molecular weight excluding hydrogens is 207 g/mol. The number of methoxy groups -OCH3 is 1. The second-order valence-corrected chi connectivity index (χ2v) is 3.40. The molecule has 0 bridgehead atoms. The predicted octanol–water partition coefficient (Wildman–Crippen LogP) is 3.21. The Hall–Kier alpha value is -2.03. The van der Waals surface area contributed by atoms with Gasteiger partial charge in [0.05, 0.1) is 7.11 Å². The number of benzene rings is 2. The predicted molar refractivity (Wildman–Crippen MR) is 60.1 cm³/mol. The van der Waals surface area contributed by atoms with Crippen LogP contribution >= 0.6 is 0 Å². The van der Waals surface area contributed by atoms with Gasteiger partial charge in [0, 0.05) is 0 Å². The standard InChI is InChI=1S/C13H11FO2/c1-16-13-6-5-10(8-12(13)15)9-3-2-4-11(14)7-9/h2-8,15H,1H3. The molecular formula is C13H11FO2. The first-order valence-electron chi connectivity index (χ1n) is 4.83. The van der Waals surface area contributed by atoms with Crippen molar-refractivity contribution in [3.05, 3.63) is 48.3 Å². The summed E-state index contributed by atoms with van der Waals surface area (Å²) in [5.41, 5.74) is 1.47. The lowest BCUT2D eigenvalue weighted by Crippen LogP contribution is -1.85. The van der Waals surface area contributed by atoms with Gasteiger partial charge in [-0.3, -0.25) is 0 Å². The van der Waals surface area contributed by atoms with Crippen molar-refractivity contribution >= 4 is 0 Å². The number of aromatic hydroxyl groups is 1. The van der Waals surface area contributed by atoms with Gasteiger partial charge < -0.3 is 9.84 Å². The lowest BCUT2D eigenvalue weighted by Gasteiger charge is -2.06. The average molecular weight is 218 g/mol. The summed E-state index contributed by atoms with van der Waals surface area (Å²) >= 11 is 0. The molecule has 0 amide bonds. The van der Waals surface area contributed by atoms with Gasteiger partial charge in [-0.15, -0.1) is 0 Å². The van der Waals surface area contributed by atoms with Crippen molar-refractivity contribution in [2.75, 3.05) is 7.11 Å². The Morgan fingerprint density at radius 1 is 1.06 bits per heavy atom. The van der Waals surface area contributed by atoms with E-state index in [2.05, 4.69) is 0 Å². The smallest absolute Gasteiger partial charge is 0.160 e. The number of hydrogen-bond donors (Lipinski definition) is 1. The molecule has 1 N–H and O–H groups in total. The zero-order valence-electron chi connectivity index (χ0n) is 8.77. The third kappa shape index (κ3) is 1.98. The first-order chi connectivity index (χ1) is 7.70. The van der Waals surface area contributed by atoms with Crippen molar-refractivity contribution in [3.63, 3.8) is 0 Å². The molecule has 0 atom stereocenters. The summed E-state index contributed by atoms with van der Waals surface area (Å²) in [5.74, 6) is 0.150. The van der Waals surface area contributed by atoms with Crippen molar-refractivity contribution in [2.45, 2.75) is 0 Å². The van der Waals surface area contributed by atoms with E-state index in [4.69, 9.17) is 4.74 Å². The van der Waals surface area contributed by atoms with Crippen LogP contribution in [0.3, 0.4) is 0 Å². The molecule has 2 aromatic carbocycles. The quantitative estimate of drug-likeness (QED) is 0.838. The summed E-state index contributed by atoms with van der Waals surface area (Å²) in [6.07, 6.45) is 0. The summed E-state index contributed by atoms with van der Waals surface area (Å²) in [5, 5.41) is 9.60. The fourth-order valence-corrected chi connectivity index (χ4v) is 1.54. The van der Waals surface area contributed by atoms with Crippen LogP contribution in [0.15, 0.2) is 42.5 Å². The van der Waals surface area contributed by atoms with Crippen LogP contribution in [0.2, 0.25) is 0 Å². The second kappa shape index (κ2) is 4.23. The molecule has 2 rings (SSSR count). The number of phenolic OH excluding ortho intramolecular Hbond substituents is 1. The molecule has 2 aromatic rings. The molecule has 0 fully saturated rings. The molecule has 0 aliphatic carbocycles. The molecule has 0 unspecified atom stereocenters. The van der Waals surface area contributed by atoms with Crippen LogP contribution < -0.4 is 4.74 Å². The highest BCUT2D eigenvalue weighted by Crippen LogP contribution is 2.31. The van der Waals surface area contributed by atoms with Gasteiger partial charge in [0.25, 0.3) is 0 Å². The van der Waals surface area contributed by atoms with E-state index < -0.39 is 0 Å². The van der Waals surface area contributed by atoms with E-state index in [0.717, 1.165) is 11.1 Å². The van der Waals surface area contributed by atoms with E-state index in [1.165, 1.54) is 19.2 Å². The highest BCUT2D eigenvalue weighted by atomic mass is 19.1. The molecule has 3 heteroatoms. The van der Waals surface area contributed by atoms with Crippen LogP contribution in [0.5, 0.6) is 11.5 Å². The number of ether oxygens (including phenoxy) is 1. The van der Waals surface area contributed by atoms with Gasteiger partial charge in [-0.25, -0.2) is 4.39 Å². The Bertz CT molecular complexity index is 509. The Morgan fingerprint density at radius 3 is 2.44 bits per heavy atom. The highest BCUT2D eigenvalue weighted by Gasteiger charge is 2.04. The van der Waals surface area contributed by atoms with E-state index in [1.54, 1.807) is 30.3 Å². The van der Waals surface area contributed by atoms with E-state index in [0.29, 0.717) is 5.75 Å². The Morgan fingerprint density at radius 2 is 1.81 bits per heavy atom. The maximum atomic E-state index is 13.0. The summed E-state index contributed by atoms with van der Waals surface area (Å²) in [6.45, 7) is 0. The zero-order valence-corrected chi connectivity index (χ0v) is 8.77. The second-order valence-electron chi connectivity index (χ2n) is 3.40. The number of hydrogen-bond acceptors (Lipinski definition) is 2. The molecule has 0 aromatic heterocycles. The first kappa shape index (κ1) is 10.5. The number of phenols is 1. The highest BCUT2D eigenvalue weighted by molar-refractivity contribution is 5.66. The van der Waals surface area contributed by atoms with Gasteiger partial charge in [0.2, 0.25) is 0 Å². The molecule has 0 saturated heterocycles. The third-order valence-electron chi connectivity index (χ3n) is 2.34. The normalized spacial score (nSPS) is 10.1. The average Bonchev–Trinajstić information content (AvgIpc) is 2.29. The van der Waals surface area contributed by atoms with Crippen LogP contribution in [0.25, 0.3) is 11.1 Å². The maximum absolute atomic E-state index is 13.0. The largest absolute Gasteiger partial charge is 0.504 e. The lowest BCUT2D eigenvalue weighted by atomic mass is 10.1. The molecule has 82 valence electrons. The molecule has 0 aliphatic rings. The van der Waals surface area contributed by atoms with Crippen LogP contribution in [0.1, 0.15) is 0 Å². The summed E-state index contributed by atoms with van der Waals surface area (Å²) in [4.78, 5) is 0. The molecule has 0 aliphatic heterocycles. The third-order valence-corrected chi connectivity index (χ3v) is 2.34. The van der Waals surface area contributed by atoms with Gasteiger partial charge >= 0.3 is 0 Å². The summed E-state index contributed by atoms with van der Waals surface area (Å²) in [6, 6.07) is 11.2. The molecule has 16 heavy (non-hydrogen) atoms. The summed E-state index contributed by atoms with van der Waals surface area (Å²) < 4.78 is 17.9. The van der Waals surface area contributed by atoms with Crippen LogP contribution in [0, 0.1) is 5.82 Å². The fraction of sp³-hybridized carbons (Fsp3) is 0.0769. The molecule has 0 radical (unpaired) electrons. The number of rotatable bonds is 2. The Labute approximate surface area is 92.9 Å². The van der Waals surface area contributed by atoms with E-state index >= 15 is 0 Å². The van der Waals surface area contributed by atoms with Crippen LogP contribution in [0.4, 0.5) is 4.39 Å². The monoisotopic (exact) mass is 218 g/mol. The molecule has 2 nitrogen and oxygen atoms in total. The van der Waals surface area contributed by atoms with Crippen molar-refractivity contribution < 1.29 is 14.2 Å². The van der Waals surface area contributed by atoms with Gasteiger partial charge in [-0.1, -0.05) is 18.2 Å². The first-order valence-corrected chi connectivity index (χ1v) is 4.83. The zero-order chi connectivity index (χ0) is 11.5. The molecule has 0 spiro atoms. The minimum Gasteiger partial charge on any atom is -0.504 e. The van der Waals surface area contributed by atoms with Crippen molar-refractivity contribution in [1.82, 2.24) is 0 Å².